The van der Waals surface area contributed by atoms with Crippen LogP contribution in [0.4, 0.5) is 5.95 Å². The van der Waals surface area contributed by atoms with Crippen molar-refractivity contribution in [1.82, 2.24) is 40.2 Å². The van der Waals surface area contributed by atoms with Gasteiger partial charge in [0.05, 0.1) is 22.8 Å². The molecule has 5 rings (SSSR count). The number of rotatable bonds is 7. The molecular weight excluding hydrogens is 462 g/mol. The first-order chi connectivity index (χ1) is 16.4. The number of aromatic nitrogens is 8. The molecule has 1 aliphatic carbocycles. The highest BCUT2D eigenvalue weighted by molar-refractivity contribution is 7.92. The molecule has 0 amide bonds. The maximum Gasteiger partial charge on any atom is 0.277 e. The number of nitrogens with one attached hydrogen (secondary N) is 3. The topological polar surface area (TPSA) is 173 Å². The van der Waals surface area contributed by atoms with Crippen LogP contribution in [-0.4, -0.2) is 55.2 Å². The van der Waals surface area contributed by atoms with Crippen LogP contribution in [-0.2, 0) is 10.0 Å². The summed E-state index contributed by atoms with van der Waals surface area (Å²) in [5.74, 6) is 1.33. The minimum Gasteiger partial charge on any atom is -0.493 e. The normalized spacial score (nSPS) is 14.6. The zero-order valence-corrected chi connectivity index (χ0v) is 19.4. The number of H-pyrrole nitrogens is 2. The second kappa shape index (κ2) is 8.52. The Kier molecular flexibility index (Phi) is 5.51. The van der Waals surface area contributed by atoms with Crippen LogP contribution in [0.3, 0.4) is 0 Å². The SMILES string of the molecule is CCOc1ccc(S(=O)(=O)Nc2nn[nH]n2)cc1-c1nn2c(C3CCCC3)nc(C)c2c(=O)[nH]1. The smallest absolute Gasteiger partial charge is 0.277 e. The Morgan fingerprint density at radius 1 is 1.26 bits per heavy atom. The lowest BCUT2D eigenvalue weighted by molar-refractivity contribution is 0.341. The quantitative estimate of drug-likeness (QED) is 0.352. The number of benzene rings is 1. The van der Waals surface area contributed by atoms with Crippen LogP contribution in [0.25, 0.3) is 16.9 Å². The van der Waals surface area contributed by atoms with E-state index in [1.807, 2.05) is 6.92 Å². The van der Waals surface area contributed by atoms with E-state index in [9.17, 15) is 13.2 Å². The summed E-state index contributed by atoms with van der Waals surface area (Å²) in [6.07, 6.45) is 4.19. The zero-order valence-electron chi connectivity index (χ0n) is 18.6. The van der Waals surface area contributed by atoms with Gasteiger partial charge in [0.2, 0.25) is 0 Å². The van der Waals surface area contributed by atoms with E-state index < -0.39 is 10.0 Å². The Morgan fingerprint density at radius 2 is 2.06 bits per heavy atom. The molecule has 0 spiro atoms. The number of nitrogens with zero attached hydrogens (tertiary/aromatic N) is 6. The minimum absolute atomic E-state index is 0.0867. The molecule has 0 radical (unpaired) electrons. The van der Waals surface area contributed by atoms with Crippen LogP contribution in [0, 0.1) is 6.92 Å². The van der Waals surface area contributed by atoms with Gasteiger partial charge in [0.1, 0.15) is 11.6 Å². The summed E-state index contributed by atoms with van der Waals surface area (Å²) in [6.45, 7) is 3.93. The molecule has 34 heavy (non-hydrogen) atoms. The summed E-state index contributed by atoms with van der Waals surface area (Å²) >= 11 is 0. The molecule has 1 saturated carbocycles. The fourth-order valence-corrected chi connectivity index (χ4v) is 5.25. The molecule has 3 aromatic heterocycles. The molecule has 0 aliphatic heterocycles. The van der Waals surface area contributed by atoms with Gasteiger partial charge >= 0.3 is 0 Å². The molecule has 0 saturated heterocycles. The maximum atomic E-state index is 13.0. The number of hydrogen-bond donors (Lipinski definition) is 3. The standard InChI is InChI=1S/C20H23N9O4S/c1-3-33-15-9-8-13(34(31,32)26-20-23-27-28-24-20)10-14(15)17-22-19(30)16-11(2)21-18(29(16)25-17)12-6-4-5-7-12/h8-10,12H,3-7H2,1-2H3,(H,22,25,30)(H2,23,24,26,27,28). The minimum atomic E-state index is -4.04. The van der Waals surface area contributed by atoms with Crippen LogP contribution >= 0.6 is 0 Å². The van der Waals surface area contributed by atoms with Crippen molar-refractivity contribution >= 4 is 21.5 Å². The largest absolute Gasteiger partial charge is 0.493 e. The number of anilines is 1. The highest BCUT2D eigenvalue weighted by atomic mass is 32.2. The van der Waals surface area contributed by atoms with Crippen LogP contribution < -0.4 is 15.0 Å². The van der Waals surface area contributed by atoms with E-state index in [2.05, 4.69) is 40.4 Å². The van der Waals surface area contributed by atoms with Crippen molar-refractivity contribution in [3.8, 4) is 17.1 Å². The third-order valence-electron chi connectivity index (χ3n) is 5.81. The fraction of sp³-hybridized carbons (Fsp3) is 0.400. The lowest BCUT2D eigenvalue weighted by Gasteiger charge is -2.13. The molecule has 0 unspecified atom stereocenters. The predicted molar refractivity (Wildman–Crippen MR) is 121 cm³/mol. The third-order valence-corrected chi connectivity index (χ3v) is 7.13. The summed E-state index contributed by atoms with van der Waals surface area (Å²) in [4.78, 5) is 20.4. The summed E-state index contributed by atoms with van der Waals surface area (Å²) < 4.78 is 35.3. The molecule has 1 fully saturated rings. The van der Waals surface area contributed by atoms with Gasteiger partial charge in [-0.3, -0.25) is 4.79 Å². The van der Waals surface area contributed by atoms with E-state index in [0.717, 1.165) is 31.5 Å². The first-order valence-corrected chi connectivity index (χ1v) is 12.4. The van der Waals surface area contributed by atoms with Crippen molar-refractivity contribution in [2.75, 3.05) is 11.3 Å². The second-order valence-corrected chi connectivity index (χ2v) is 9.71. The van der Waals surface area contributed by atoms with Gasteiger partial charge in [0.15, 0.2) is 11.3 Å². The van der Waals surface area contributed by atoms with E-state index in [-0.39, 0.29) is 28.1 Å². The summed E-state index contributed by atoms with van der Waals surface area (Å²) in [6, 6.07) is 4.29. The average molecular weight is 486 g/mol. The van der Waals surface area contributed by atoms with Gasteiger partial charge < -0.3 is 9.72 Å². The van der Waals surface area contributed by atoms with Crippen LogP contribution in [0.15, 0.2) is 27.9 Å². The zero-order chi connectivity index (χ0) is 23.9. The van der Waals surface area contributed by atoms with E-state index in [4.69, 9.17) is 4.74 Å². The number of aryl methyl sites for hydroxylation is 1. The van der Waals surface area contributed by atoms with Crippen LogP contribution in [0.5, 0.6) is 5.75 Å². The van der Waals surface area contributed by atoms with Crippen molar-refractivity contribution < 1.29 is 13.2 Å². The van der Waals surface area contributed by atoms with E-state index in [0.29, 0.717) is 29.1 Å². The van der Waals surface area contributed by atoms with Gasteiger partial charge in [0.25, 0.3) is 21.5 Å². The van der Waals surface area contributed by atoms with Crippen molar-refractivity contribution in [3.05, 3.63) is 40.1 Å². The van der Waals surface area contributed by atoms with Gasteiger partial charge in [-0.05, 0) is 50.1 Å². The maximum absolute atomic E-state index is 13.0. The second-order valence-electron chi connectivity index (χ2n) is 8.03. The molecule has 4 aromatic rings. The Labute approximate surface area is 194 Å². The number of sulfonamides is 1. The first-order valence-electron chi connectivity index (χ1n) is 10.9. The molecular formula is C20H23N9O4S. The Morgan fingerprint density at radius 3 is 2.76 bits per heavy atom. The molecule has 3 N–H and O–H groups in total. The molecule has 3 heterocycles. The lowest BCUT2D eigenvalue weighted by Crippen LogP contribution is -2.17. The highest BCUT2D eigenvalue weighted by Gasteiger charge is 2.26. The van der Waals surface area contributed by atoms with Crippen molar-refractivity contribution in [3.63, 3.8) is 0 Å². The van der Waals surface area contributed by atoms with Crippen LogP contribution in [0.2, 0.25) is 0 Å². The average Bonchev–Trinajstić information content (AvgIpc) is 3.56. The summed E-state index contributed by atoms with van der Waals surface area (Å²) in [7, 11) is -4.04. The monoisotopic (exact) mass is 485 g/mol. The number of hydrogen-bond acceptors (Lipinski definition) is 9. The molecule has 13 nitrogen and oxygen atoms in total. The molecule has 0 atom stereocenters. The van der Waals surface area contributed by atoms with Gasteiger partial charge in [-0.1, -0.05) is 17.9 Å². The lowest BCUT2D eigenvalue weighted by atomic mass is 10.1. The number of imidazole rings is 1. The van der Waals surface area contributed by atoms with Gasteiger partial charge in [-0.2, -0.15) is 5.21 Å². The Hall–Kier alpha value is -3.81. The van der Waals surface area contributed by atoms with E-state index >= 15 is 0 Å². The molecule has 178 valence electrons. The van der Waals surface area contributed by atoms with Gasteiger partial charge in [0, 0.05) is 5.92 Å². The molecule has 0 bridgehead atoms. The number of aromatic amines is 2. The number of ether oxygens (including phenoxy) is 1. The molecule has 1 aromatic carbocycles. The summed E-state index contributed by atoms with van der Waals surface area (Å²) in [5, 5.41) is 17.4. The van der Waals surface area contributed by atoms with Gasteiger partial charge in [-0.15, -0.1) is 10.2 Å². The van der Waals surface area contributed by atoms with E-state index in [1.165, 1.54) is 18.2 Å². The first kappa shape index (κ1) is 22.0. The van der Waals surface area contributed by atoms with Crippen molar-refractivity contribution in [2.24, 2.45) is 0 Å². The Bertz CT molecular complexity index is 1500. The fourth-order valence-electron chi connectivity index (χ4n) is 4.29. The highest BCUT2D eigenvalue weighted by Crippen LogP contribution is 2.35. The Balaban J connectivity index is 1.66. The molecule has 1 aliphatic rings. The van der Waals surface area contributed by atoms with Crippen LogP contribution in [0.1, 0.15) is 50.0 Å². The van der Waals surface area contributed by atoms with Gasteiger partial charge in [-0.25, -0.2) is 22.6 Å². The van der Waals surface area contributed by atoms with Crippen molar-refractivity contribution in [2.45, 2.75) is 50.3 Å². The van der Waals surface area contributed by atoms with E-state index in [1.54, 1.807) is 11.4 Å². The predicted octanol–water partition coefficient (Wildman–Crippen LogP) is 1.76. The third kappa shape index (κ3) is 3.89. The van der Waals surface area contributed by atoms with Crippen molar-refractivity contribution in [1.29, 1.82) is 0 Å². The molecule has 14 heteroatoms. The number of tetrazole rings is 1. The number of fused-ring (bicyclic) bond motifs is 1. The summed E-state index contributed by atoms with van der Waals surface area (Å²) in [5.41, 5.74) is 0.944.